The topological polar surface area (TPSA) is 108 Å². The Morgan fingerprint density at radius 3 is 2.34 bits per heavy atom. The quantitative estimate of drug-likeness (QED) is 0.361. The van der Waals surface area contributed by atoms with E-state index in [0.717, 1.165) is 5.56 Å². The molecule has 8 heteroatoms. The lowest BCUT2D eigenvalue weighted by molar-refractivity contribution is 0.0960. The van der Waals surface area contributed by atoms with Crippen molar-refractivity contribution in [1.82, 2.24) is 5.32 Å². The Balaban J connectivity index is 1.90. The molecule has 0 bridgehead atoms. The lowest BCUT2D eigenvalue weighted by Crippen LogP contribution is -2.37. The van der Waals surface area contributed by atoms with E-state index in [0.29, 0.717) is 6.42 Å². The summed E-state index contributed by atoms with van der Waals surface area (Å²) in [4.78, 5) is 36.0. The average molecular weight is 397 g/mol. The highest BCUT2D eigenvalue weighted by atomic mass is 19.1. The molecule has 4 N–H and O–H groups in total. The second-order valence-electron chi connectivity index (χ2n) is 6.47. The molecule has 0 heterocycles. The summed E-state index contributed by atoms with van der Waals surface area (Å²) in [5.41, 5.74) is -0.422. The fourth-order valence-corrected chi connectivity index (χ4v) is 3.04. The van der Waals surface area contributed by atoms with Gasteiger partial charge in [-0.1, -0.05) is 25.1 Å². The molecule has 0 spiro atoms. The first-order valence-corrected chi connectivity index (χ1v) is 9.03. The molecule has 3 rings (SSSR count). The highest BCUT2D eigenvalue weighted by Crippen LogP contribution is 2.32. The van der Waals surface area contributed by atoms with E-state index in [2.05, 4.69) is 16.0 Å². The molecule has 0 unspecified atom stereocenters. The summed E-state index contributed by atoms with van der Waals surface area (Å²) >= 11 is 0. The Morgan fingerprint density at radius 2 is 1.72 bits per heavy atom. The summed E-state index contributed by atoms with van der Waals surface area (Å²) in [5.74, 6) is -1.19. The zero-order valence-corrected chi connectivity index (χ0v) is 15.9. The Kier molecular flexibility index (Phi) is 5.63. The number of hydrogen-bond acceptors (Lipinski definition) is 6. The van der Waals surface area contributed by atoms with E-state index in [-0.39, 0.29) is 40.2 Å². The van der Waals surface area contributed by atoms with Crippen molar-refractivity contribution >= 4 is 23.0 Å². The van der Waals surface area contributed by atoms with Gasteiger partial charge in [0.15, 0.2) is 5.75 Å². The van der Waals surface area contributed by atoms with Crippen molar-refractivity contribution in [2.24, 2.45) is 0 Å². The van der Waals surface area contributed by atoms with Crippen LogP contribution in [0, 0.1) is 5.82 Å². The molecular formula is C21H20FN3O4. The molecule has 29 heavy (non-hydrogen) atoms. The van der Waals surface area contributed by atoms with Gasteiger partial charge < -0.3 is 21.1 Å². The summed E-state index contributed by atoms with van der Waals surface area (Å²) in [6, 6.07) is 10.00. The minimum absolute atomic E-state index is 0.0000756. The van der Waals surface area contributed by atoms with Crippen molar-refractivity contribution in [3.8, 4) is 5.75 Å². The first-order chi connectivity index (χ1) is 13.9. The highest BCUT2D eigenvalue weighted by molar-refractivity contribution is 5.99. The maximum Gasteiger partial charge on any atom is 0.254 e. The number of nitrogens with one attached hydrogen (secondary N) is 3. The largest absolute Gasteiger partial charge is 0.505 e. The number of amides is 1. The summed E-state index contributed by atoms with van der Waals surface area (Å²) in [6.07, 6.45) is 0.585. The normalized spacial score (nSPS) is 11.8. The molecule has 3 aromatic rings. The minimum atomic E-state index is -0.730. The van der Waals surface area contributed by atoms with Crippen molar-refractivity contribution in [2.75, 3.05) is 17.7 Å². The van der Waals surface area contributed by atoms with Crippen LogP contribution in [0.5, 0.6) is 5.75 Å². The number of phenolic OH excluding ortho intramolecular Hbond substituents is 1. The standard InChI is InChI=1S/C21H20FN3O4/c1-3-14(11-7-9-12(22)10-8-11)24-16-17(20(28)19(16)27)25-15-6-4-5-13(18(15)26)21(29)23-2/h4-10,14,24-26H,3H2,1-2H3,(H,23,29)/t14-/m1/s1. The molecule has 1 atom stereocenters. The van der Waals surface area contributed by atoms with Gasteiger partial charge in [-0.25, -0.2) is 4.39 Å². The third-order valence-corrected chi connectivity index (χ3v) is 4.68. The third-order valence-electron chi connectivity index (χ3n) is 4.68. The van der Waals surface area contributed by atoms with Gasteiger partial charge in [0.25, 0.3) is 16.8 Å². The number of anilines is 3. The molecule has 0 aliphatic carbocycles. The van der Waals surface area contributed by atoms with Crippen LogP contribution in [0.25, 0.3) is 0 Å². The summed E-state index contributed by atoms with van der Waals surface area (Å²) in [7, 11) is 1.43. The third kappa shape index (κ3) is 3.82. The van der Waals surface area contributed by atoms with E-state index in [1.807, 2.05) is 6.92 Å². The number of carbonyl (C=O) groups excluding carboxylic acids is 1. The van der Waals surface area contributed by atoms with Crippen molar-refractivity contribution in [3.63, 3.8) is 0 Å². The van der Waals surface area contributed by atoms with Crippen molar-refractivity contribution < 1.29 is 14.3 Å². The maximum atomic E-state index is 13.2. The predicted octanol–water partition coefficient (Wildman–Crippen LogP) is 2.79. The summed E-state index contributed by atoms with van der Waals surface area (Å²) < 4.78 is 13.2. The van der Waals surface area contributed by atoms with Gasteiger partial charge in [0.05, 0.1) is 17.3 Å². The molecule has 0 radical (unpaired) electrons. The predicted molar refractivity (Wildman–Crippen MR) is 109 cm³/mol. The van der Waals surface area contributed by atoms with Gasteiger partial charge in [-0.3, -0.25) is 14.4 Å². The van der Waals surface area contributed by atoms with Crippen molar-refractivity contribution in [3.05, 3.63) is 79.9 Å². The lowest BCUT2D eigenvalue weighted by Gasteiger charge is -2.22. The van der Waals surface area contributed by atoms with Crippen LogP contribution >= 0.6 is 0 Å². The highest BCUT2D eigenvalue weighted by Gasteiger charge is 2.25. The molecule has 0 fully saturated rings. The van der Waals surface area contributed by atoms with E-state index in [4.69, 9.17) is 0 Å². The van der Waals surface area contributed by atoms with E-state index in [1.165, 1.54) is 31.3 Å². The summed E-state index contributed by atoms with van der Waals surface area (Å²) in [5, 5.41) is 18.5. The molecular weight excluding hydrogens is 377 g/mol. The van der Waals surface area contributed by atoms with Crippen LogP contribution in [0.1, 0.15) is 35.3 Å². The Labute approximate surface area is 165 Å². The van der Waals surface area contributed by atoms with Crippen LogP contribution < -0.4 is 26.8 Å². The first kappa shape index (κ1) is 20.1. The number of para-hydroxylation sites is 1. The summed E-state index contributed by atoms with van der Waals surface area (Å²) in [6.45, 7) is 1.89. The van der Waals surface area contributed by atoms with Gasteiger partial charge in [0.2, 0.25) is 0 Å². The molecule has 0 aromatic heterocycles. The zero-order chi connectivity index (χ0) is 21.1. The number of halogens is 1. The minimum Gasteiger partial charge on any atom is -0.505 e. The molecule has 0 aliphatic heterocycles. The van der Waals surface area contributed by atoms with Crippen molar-refractivity contribution in [2.45, 2.75) is 19.4 Å². The van der Waals surface area contributed by atoms with Gasteiger partial charge in [0.1, 0.15) is 17.2 Å². The van der Waals surface area contributed by atoms with Crippen LogP contribution in [0.3, 0.4) is 0 Å². The van der Waals surface area contributed by atoms with E-state index >= 15 is 0 Å². The maximum absolute atomic E-state index is 13.2. The van der Waals surface area contributed by atoms with Gasteiger partial charge >= 0.3 is 0 Å². The SMILES string of the molecule is CC[C@@H](Nc1c(Nc2cccc(C(=O)NC)c2O)c(=O)c1=O)c1ccc(F)cc1. The molecule has 0 saturated carbocycles. The van der Waals surface area contributed by atoms with Crippen LogP contribution in [0.4, 0.5) is 21.5 Å². The monoisotopic (exact) mass is 397 g/mol. The molecule has 1 amide bonds. The Morgan fingerprint density at radius 1 is 1.07 bits per heavy atom. The van der Waals surface area contributed by atoms with Crippen LogP contribution in [-0.4, -0.2) is 18.1 Å². The Bertz CT molecular complexity index is 1120. The van der Waals surface area contributed by atoms with Crippen molar-refractivity contribution in [1.29, 1.82) is 0 Å². The van der Waals surface area contributed by atoms with Crippen LogP contribution in [-0.2, 0) is 0 Å². The average Bonchev–Trinajstić information content (AvgIpc) is 2.74. The molecule has 7 nitrogen and oxygen atoms in total. The van der Waals surface area contributed by atoms with Gasteiger partial charge in [-0.05, 0) is 36.2 Å². The number of phenols is 1. The van der Waals surface area contributed by atoms with E-state index < -0.39 is 16.8 Å². The smallest absolute Gasteiger partial charge is 0.254 e. The molecule has 0 aliphatic rings. The number of rotatable bonds is 7. The first-order valence-electron chi connectivity index (χ1n) is 9.03. The second kappa shape index (κ2) is 8.14. The number of carbonyl (C=O) groups is 1. The fourth-order valence-electron chi connectivity index (χ4n) is 3.04. The van der Waals surface area contributed by atoms with Gasteiger partial charge in [-0.15, -0.1) is 0 Å². The zero-order valence-electron chi connectivity index (χ0n) is 15.9. The molecule has 3 aromatic carbocycles. The van der Waals surface area contributed by atoms with Crippen LogP contribution in [0.15, 0.2) is 52.1 Å². The lowest BCUT2D eigenvalue weighted by atomic mass is 10.0. The molecule has 150 valence electrons. The fraction of sp³-hybridized carbons (Fsp3) is 0.190. The number of benzene rings is 2. The van der Waals surface area contributed by atoms with Crippen LogP contribution in [0.2, 0.25) is 0 Å². The molecule has 0 saturated heterocycles. The Hall–Kier alpha value is -3.68. The van der Waals surface area contributed by atoms with E-state index in [9.17, 15) is 23.9 Å². The number of hydrogen-bond donors (Lipinski definition) is 4. The van der Waals surface area contributed by atoms with E-state index in [1.54, 1.807) is 18.2 Å². The van der Waals surface area contributed by atoms with Gasteiger partial charge in [-0.2, -0.15) is 0 Å². The second-order valence-corrected chi connectivity index (χ2v) is 6.47. The van der Waals surface area contributed by atoms with Gasteiger partial charge in [0, 0.05) is 7.05 Å². The number of aromatic hydroxyl groups is 1.